The highest BCUT2D eigenvalue weighted by molar-refractivity contribution is 7.82. The first-order valence-electron chi connectivity index (χ1n) is 6.56. The van der Waals surface area contributed by atoms with Crippen molar-refractivity contribution >= 4 is 42.0 Å². The first kappa shape index (κ1) is 16.5. The zero-order valence-electron chi connectivity index (χ0n) is 12.8. The van der Waals surface area contributed by atoms with Crippen LogP contribution in [-0.2, 0) is 0 Å². The van der Waals surface area contributed by atoms with E-state index in [0.29, 0.717) is 0 Å². The lowest BCUT2D eigenvalue weighted by Gasteiger charge is -2.43. The molecule has 0 amide bonds. The second kappa shape index (κ2) is 5.82. The zero-order valence-corrected chi connectivity index (χ0v) is 16.6. The minimum absolute atomic E-state index is 0.0890. The molecule has 4 heteroatoms. The summed E-state index contributed by atoms with van der Waals surface area (Å²) in [6.45, 7) is 17.7. The van der Waals surface area contributed by atoms with Crippen molar-refractivity contribution in [1.29, 1.82) is 0 Å². The largest absolute Gasteiger partial charge is 0.143 e. The van der Waals surface area contributed by atoms with Crippen molar-refractivity contribution in [3.05, 3.63) is 24.3 Å². The Bertz CT molecular complexity index is 393. The molecule has 0 saturated heterocycles. The summed E-state index contributed by atoms with van der Waals surface area (Å²) in [6, 6.07) is 8.69. The van der Waals surface area contributed by atoms with E-state index in [-0.39, 0.29) is 7.92 Å². The van der Waals surface area contributed by atoms with Gasteiger partial charge in [0, 0.05) is 21.0 Å². The lowest BCUT2D eigenvalue weighted by Crippen LogP contribution is -2.53. The summed E-state index contributed by atoms with van der Waals surface area (Å²) < 4.78 is 0. The van der Waals surface area contributed by atoms with E-state index in [2.05, 4.69) is 82.8 Å². The molecule has 0 unspecified atom stereocenters. The van der Waals surface area contributed by atoms with Crippen LogP contribution in [0.15, 0.2) is 29.2 Å². The second-order valence-electron chi connectivity index (χ2n) is 7.23. The van der Waals surface area contributed by atoms with Crippen molar-refractivity contribution < 1.29 is 0 Å². The fraction of sp³-hybridized carbons (Fsp3) is 0.571. The fourth-order valence-electron chi connectivity index (χ4n) is 3.36. The van der Waals surface area contributed by atoms with Crippen LogP contribution in [-0.4, -0.2) is 27.7 Å². The SMILES string of the molecule is C[P@](c1ccccc1S)C([Si](C)(C)C)[Si](C)(C)C. The molecule has 18 heavy (non-hydrogen) atoms. The third kappa shape index (κ3) is 3.96. The molecule has 1 rings (SSSR count). The van der Waals surface area contributed by atoms with Crippen molar-refractivity contribution in [1.82, 2.24) is 0 Å². The first-order chi connectivity index (χ1) is 8.05. The maximum absolute atomic E-state index is 4.67. The van der Waals surface area contributed by atoms with Crippen LogP contribution in [0.2, 0.25) is 39.3 Å². The number of thiol groups is 1. The Morgan fingerprint density at radius 3 is 1.78 bits per heavy atom. The molecule has 0 heterocycles. The minimum Gasteiger partial charge on any atom is -0.143 e. The maximum Gasteiger partial charge on any atom is 0.0495 e. The molecule has 0 nitrogen and oxygen atoms in total. The summed E-state index contributed by atoms with van der Waals surface area (Å²) in [4.78, 5) is 2.14. The third-order valence-corrected chi connectivity index (χ3v) is 21.2. The van der Waals surface area contributed by atoms with Crippen LogP contribution in [0, 0.1) is 0 Å². The number of rotatable bonds is 4. The molecule has 0 spiro atoms. The lowest BCUT2D eigenvalue weighted by atomic mass is 10.4. The van der Waals surface area contributed by atoms with Gasteiger partial charge >= 0.3 is 0 Å². The van der Waals surface area contributed by atoms with Crippen molar-refractivity contribution in [2.24, 2.45) is 0 Å². The van der Waals surface area contributed by atoms with Crippen molar-refractivity contribution in [3.63, 3.8) is 0 Å². The highest BCUT2D eigenvalue weighted by atomic mass is 32.1. The van der Waals surface area contributed by atoms with Crippen LogP contribution in [0.4, 0.5) is 0 Å². The van der Waals surface area contributed by atoms with Gasteiger partial charge in [-0.1, -0.05) is 65.4 Å². The number of hydrogen-bond donors (Lipinski definition) is 1. The average Bonchev–Trinajstić information content (AvgIpc) is 2.13. The van der Waals surface area contributed by atoms with Crippen LogP contribution in [0.1, 0.15) is 0 Å². The third-order valence-electron chi connectivity index (χ3n) is 3.29. The summed E-state index contributed by atoms with van der Waals surface area (Å²) in [7, 11) is -2.36. The normalized spacial score (nSPS) is 14.9. The molecular weight excluding hydrogens is 287 g/mol. The van der Waals surface area contributed by atoms with E-state index >= 15 is 0 Å². The molecule has 0 bridgehead atoms. The van der Waals surface area contributed by atoms with Gasteiger partial charge in [-0.15, -0.1) is 12.6 Å². The van der Waals surface area contributed by atoms with E-state index in [9.17, 15) is 0 Å². The predicted molar refractivity (Wildman–Crippen MR) is 96.7 cm³/mol. The first-order valence-corrected chi connectivity index (χ1v) is 16.0. The molecule has 1 aromatic rings. The smallest absolute Gasteiger partial charge is 0.0495 e. The molecule has 0 aromatic heterocycles. The summed E-state index contributed by atoms with van der Waals surface area (Å²) in [5, 5.41) is 1.51. The van der Waals surface area contributed by atoms with E-state index < -0.39 is 16.1 Å². The molecule has 0 N–H and O–H groups in total. The summed E-state index contributed by atoms with van der Waals surface area (Å²) in [6.07, 6.45) is 0. The highest BCUT2D eigenvalue weighted by Crippen LogP contribution is 2.46. The van der Waals surface area contributed by atoms with E-state index in [4.69, 9.17) is 0 Å². The molecule has 0 saturated carbocycles. The van der Waals surface area contributed by atoms with Gasteiger partial charge in [0.05, 0.1) is 0 Å². The van der Waals surface area contributed by atoms with Crippen LogP contribution in [0.3, 0.4) is 0 Å². The number of hydrogen-bond acceptors (Lipinski definition) is 1. The van der Waals surface area contributed by atoms with E-state index in [1.165, 1.54) is 10.2 Å². The standard InChI is InChI=1S/C14H27PSSi2/c1-15(12-10-8-9-11-13(12)16)14(17(2,3)4)18(5,6)7/h8-11,14,16H,1-7H3/t15-/m1/s1. The van der Waals surface area contributed by atoms with E-state index in [0.717, 1.165) is 4.91 Å². The van der Waals surface area contributed by atoms with Gasteiger partial charge in [-0.05, 0) is 22.9 Å². The Morgan fingerprint density at radius 1 is 0.944 bits per heavy atom. The lowest BCUT2D eigenvalue weighted by molar-refractivity contribution is 1.43. The number of benzene rings is 1. The Labute approximate surface area is 122 Å². The van der Waals surface area contributed by atoms with Gasteiger partial charge in [0.15, 0.2) is 0 Å². The summed E-state index contributed by atoms with van der Waals surface area (Å²) >= 11 is 4.67. The predicted octanol–water partition coefficient (Wildman–Crippen LogP) is 4.84. The van der Waals surface area contributed by atoms with Crippen molar-refractivity contribution in [3.8, 4) is 0 Å². The molecule has 0 aliphatic rings. The van der Waals surface area contributed by atoms with Crippen molar-refractivity contribution in [2.45, 2.75) is 49.1 Å². The van der Waals surface area contributed by atoms with E-state index in [1.807, 2.05) is 0 Å². The molecule has 1 aromatic carbocycles. The van der Waals surface area contributed by atoms with Crippen LogP contribution in [0.5, 0.6) is 0 Å². The van der Waals surface area contributed by atoms with Gasteiger partial charge in [-0.25, -0.2) is 0 Å². The Morgan fingerprint density at radius 2 is 1.39 bits per heavy atom. The second-order valence-corrected chi connectivity index (χ2v) is 22.1. The molecule has 0 aliphatic heterocycles. The summed E-state index contributed by atoms with van der Waals surface area (Å²) in [5.41, 5.74) is 0. The molecule has 0 radical (unpaired) electrons. The topological polar surface area (TPSA) is 0 Å². The van der Waals surface area contributed by atoms with Crippen LogP contribution < -0.4 is 5.30 Å². The van der Waals surface area contributed by atoms with Gasteiger partial charge in [-0.2, -0.15) is 0 Å². The molecule has 0 fully saturated rings. The molecule has 0 aliphatic carbocycles. The highest BCUT2D eigenvalue weighted by Gasteiger charge is 2.41. The fourth-order valence-corrected chi connectivity index (χ4v) is 25.6. The van der Waals surface area contributed by atoms with Crippen molar-refractivity contribution in [2.75, 3.05) is 6.66 Å². The monoisotopic (exact) mass is 314 g/mol. The van der Waals surface area contributed by atoms with Gasteiger partial charge < -0.3 is 0 Å². The molecule has 102 valence electrons. The van der Waals surface area contributed by atoms with Gasteiger partial charge in [0.2, 0.25) is 0 Å². The average molecular weight is 315 g/mol. The zero-order chi connectivity index (χ0) is 14.1. The summed E-state index contributed by atoms with van der Waals surface area (Å²) in [5.74, 6) is 0. The Balaban J connectivity index is 3.20. The van der Waals surface area contributed by atoms with Crippen LogP contribution >= 0.6 is 20.6 Å². The Hall–Kier alpha value is 0.434. The molecule has 1 atom stereocenters. The minimum atomic E-state index is -1.13. The molecular formula is C14H27PSSi2. The van der Waals surface area contributed by atoms with Crippen LogP contribution in [0.25, 0.3) is 0 Å². The quantitative estimate of drug-likeness (QED) is 0.459. The maximum atomic E-state index is 4.67. The Kier molecular flexibility index (Phi) is 5.33. The van der Waals surface area contributed by atoms with E-state index in [1.54, 1.807) is 0 Å². The van der Waals surface area contributed by atoms with Gasteiger partial charge in [0.25, 0.3) is 0 Å². The van der Waals surface area contributed by atoms with Gasteiger partial charge in [-0.3, -0.25) is 0 Å². The van der Waals surface area contributed by atoms with Gasteiger partial charge in [0.1, 0.15) is 0 Å².